The number of aliphatic hydroxyl groups excluding tert-OH is 3. The van der Waals surface area contributed by atoms with Gasteiger partial charge in [0.2, 0.25) is 11.8 Å². The number of rotatable bonds is 18. The van der Waals surface area contributed by atoms with Gasteiger partial charge in [-0.2, -0.15) is 0 Å². The molecule has 0 spiro atoms. The second kappa shape index (κ2) is 20.7. The number of aryl methyl sites for hydroxylation is 1. The first-order valence-corrected chi connectivity index (χ1v) is 22.4. The number of aromatic nitrogens is 4. The first kappa shape index (κ1) is 47.4. The second-order valence-electron chi connectivity index (χ2n) is 17.0. The molecule has 0 saturated carbocycles. The van der Waals surface area contributed by atoms with E-state index in [2.05, 4.69) is 10.6 Å². The van der Waals surface area contributed by atoms with Crippen LogP contribution in [-0.2, 0) is 22.4 Å². The predicted molar refractivity (Wildman–Crippen MR) is 254 cm³/mol. The number of hydrogen-bond donors (Lipinski definition) is 5. The SMILES string of the molecule is Cc1cccn2cc(-c3ccc(CC(CNC(=O)C(C)O)N(C(=O)c4ccc(OC(C)C)c(Cl)c4)C(CNC(=O)C(C)O)Cc4ccc(-c5cn6cccc(C(C)O)c6n5)cc4)cc3)nc12. The lowest BCUT2D eigenvalue weighted by atomic mass is 9.96. The van der Waals surface area contributed by atoms with Crippen molar-refractivity contribution in [2.75, 3.05) is 13.1 Å². The lowest BCUT2D eigenvalue weighted by molar-refractivity contribution is -0.129. The number of carbonyl (C=O) groups is 3. The second-order valence-corrected chi connectivity index (χ2v) is 17.4. The van der Waals surface area contributed by atoms with Crippen molar-refractivity contribution < 1.29 is 34.4 Å². The molecule has 0 radical (unpaired) electrons. The maximum Gasteiger partial charge on any atom is 0.254 e. The molecule has 3 aromatic carbocycles. The molecule has 0 aliphatic carbocycles. The van der Waals surface area contributed by atoms with Crippen molar-refractivity contribution in [3.05, 3.63) is 149 Å². The summed E-state index contributed by atoms with van der Waals surface area (Å²) in [6.07, 6.45) is 4.66. The van der Waals surface area contributed by atoms with Crippen molar-refractivity contribution in [1.29, 1.82) is 0 Å². The van der Waals surface area contributed by atoms with Gasteiger partial charge in [0.1, 0.15) is 29.3 Å². The monoisotopic (exact) mass is 913 g/mol. The van der Waals surface area contributed by atoms with E-state index in [0.29, 0.717) is 22.7 Å². The number of ether oxygens (including phenoxy) is 1. The minimum absolute atomic E-state index is 0.0622. The number of amides is 3. The molecule has 4 aromatic heterocycles. The normalized spacial score (nSPS) is 13.9. The molecule has 7 aromatic rings. The largest absolute Gasteiger partial charge is 0.489 e. The van der Waals surface area contributed by atoms with Gasteiger partial charge in [0.05, 0.1) is 40.7 Å². The van der Waals surface area contributed by atoms with Crippen molar-refractivity contribution in [2.24, 2.45) is 0 Å². The van der Waals surface area contributed by atoms with Crippen molar-refractivity contribution in [2.45, 2.75) is 90.9 Å². The van der Waals surface area contributed by atoms with Crippen LogP contribution in [0.3, 0.4) is 0 Å². The summed E-state index contributed by atoms with van der Waals surface area (Å²) < 4.78 is 9.73. The van der Waals surface area contributed by atoms with Gasteiger partial charge in [0, 0.05) is 60.1 Å². The quantitative estimate of drug-likeness (QED) is 0.0620. The molecule has 0 fully saturated rings. The fraction of sp³-hybridized carbons (Fsp3) is 0.314. The number of imidazole rings is 2. The third-order valence-electron chi connectivity index (χ3n) is 11.4. The van der Waals surface area contributed by atoms with Gasteiger partial charge >= 0.3 is 0 Å². The Morgan fingerprint density at radius 2 is 1.20 bits per heavy atom. The van der Waals surface area contributed by atoms with Gasteiger partial charge in [-0.05, 0) is 101 Å². The van der Waals surface area contributed by atoms with Gasteiger partial charge in [-0.3, -0.25) is 14.4 Å². The number of pyridine rings is 2. The van der Waals surface area contributed by atoms with Crippen molar-refractivity contribution >= 4 is 40.6 Å². The average Bonchev–Trinajstić information content (AvgIpc) is 3.94. The van der Waals surface area contributed by atoms with Crippen LogP contribution in [-0.4, -0.2) is 100 Å². The fourth-order valence-corrected chi connectivity index (χ4v) is 8.22. The number of aliphatic hydroxyl groups is 3. The van der Waals surface area contributed by atoms with E-state index >= 15 is 4.79 Å². The molecule has 14 nitrogen and oxygen atoms in total. The number of carbonyl (C=O) groups excluding carboxylic acids is 3. The number of hydrogen-bond acceptors (Lipinski definition) is 9. The maximum atomic E-state index is 15.3. The highest BCUT2D eigenvalue weighted by atomic mass is 35.5. The van der Waals surface area contributed by atoms with Crippen LogP contribution >= 0.6 is 11.6 Å². The van der Waals surface area contributed by atoms with Crippen LogP contribution in [0.4, 0.5) is 0 Å². The number of halogens is 1. The van der Waals surface area contributed by atoms with Gasteiger partial charge < -0.3 is 44.4 Å². The van der Waals surface area contributed by atoms with Gasteiger partial charge in [-0.25, -0.2) is 9.97 Å². The van der Waals surface area contributed by atoms with E-state index in [1.54, 1.807) is 30.0 Å². The van der Waals surface area contributed by atoms with E-state index in [9.17, 15) is 24.9 Å². The van der Waals surface area contributed by atoms with Crippen LogP contribution in [0.2, 0.25) is 5.02 Å². The topological polar surface area (TPSA) is 183 Å². The summed E-state index contributed by atoms with van der Waals surface area (Å²) in [4.78, 5) is 52.7. The zero-order valence-corrected chi connectivity index (χ0v) is 38.6. The maximum absolute atomic E-state index is 15.3. The summed E-state index contributed by atoms with van der Waals surface area (Å²) in [5.41, 5.74) is 8.36. The molecule has 0 bridgehead atoms. The summed E-state index contributed by atoms with van der Waals surface area (Å²) >= 11 is 6.74. The number of nitrogens with zero attached hydrogens (tertiary/aromatic N) is 5. The molecule has 4 heterocycles. The molecule has 66 heavy (non-hydrogen) atoms. The highest BCUT2D eigenvalue weighted by Crippen LogP contribution is 2.30. The summed E-state index contributed by atoms with van der Waals surface area (Å²) in [6, 6.07) is 26.6. The Morgan fingerprint density at radius 1 is 0.697 bits per heavy atom. The van der Waals surface area contributed by atoms with E-state index in [4.69, 9.17) is 26.3 Å². The van der Waals surface area contributed by atoms with E-state index in [1.807, 2.05) is 127 Å². The molecule has 3 amide bonds. The van der Waals surface area contributed by atoms with E-state index < -0.39 is 48.1 Å². The Morgan fingerprint density at radius 3 is 1.67 bits per heavy atom. The highest BCUT2D eigenvalue weighted by Gasteiger charge is 2.34. The van der Waals surface area contributed by atoms with Crippen LogP contribution in [0.1, 0.15) is 73.3 Å². The standard InChI is InChI=1S/C51H56ClN7O7/c1-30(2)66-46-20-19-39(25-43(46)52)51(65)59(40(26-53-49(63)33(5)61)23-35-11-15-37(16-12-35)44-28-57-21-7-9-31(3)47(57)55-44)41(27-54-50(64)34(6)62)24-36-13-17-38(18-14-36)45-29-58-22-8-10-42(32(4)60)48(58)56-45/h7-22,25,28-30,32-34,40-41,60-62H,23-24,26-27H2,1-6H3,(H,53,63)(H,54,64). The number of fused-ring (bicyclic) bond motifs is 2. The Kier molecular flexibility index (Phi) is 14.9. The predicted octanol–water partition coefficient (Wildman–Crippen LogP) is 6.78. The molecule has 5 atom stereocenters. The number of benzene rings is 3. The molecule has 0 aliphatic rings. The number of nitrogens with one attached hydrogen (secondary N) is 2. The van der Waals surface area contributed by atoms with Crippen LogP contribution < -0.4 is 15.4 Å². The summed E-state index contributed by atoms with van der Waals surface area (Å²) in [5.74, 6) is -1.27. The molecule has 15 heteroatoms. The first-order chi connectivity index (χ1) is 31.6. The molecule has 5 unspecified atom stereocenters. The molecule has 344 valence electrons. The summed E-state index contributed by atoms with van der Waals surface area (Å²) in [5, 5.41) is 36.8. The van der Waals surface area contributed by atoms with Gasteiger partial charge in [-0.15, -0.1) is 0 Å². The van der Waals surface area contributed by atoms with Gasteiger partial charge in [0.15, 0.2) is 0 Å². The van der Waals surface area contributed by atoms with Crippen molar-refractivity contribution in [1.82, 2.24) is 34.3 Å². The fourth-order valence-electron chi connectivity index (χ4n) is 7.99. The Bertz CT molecular complexity index is 2820. The van der Waals surface area contributed by atoms with Crippen molar-refractivity contribution in [3.8, 4) is 28.3 Å². The Labute approximate surface area is 388 Å². The van der Waals surface area contributed by atoms with Crippen LogP contribution in [0.15, 0.2) is 116 Å². The van der Waals surface area contributed by atoms with Crippen molar-refractivity contribution in [3.63, 3.8) is 0 Å². The lowest BCUT2D eigenvalue weighted by Crippen LogP contribution is -2.57. The smallest absolute Gasteiger partial charge is 0.254 e. The van der Waals surface area contributed by atoms with E-state index in [-0.39, 0.29) is 42.6 Å². The van der Waals surface area contributed by atoms with Crippen LogP contribution in [0.5, 0.6) is 5.75 Å². The average molecular weight is 915 g/mol. The van der Waals surface area contributed by atoms with Crippen LogP contribution in [0, 0.1) is 6.92 Å². The molecule has 7 rings (SSSR count). The molecular formula is C51H56ClN7O7. The zero-order chi connectivity index (χ0) is 47.2. The summed E-state index contributed by atoms with van der Waals surface area (Å²) in [7, 11) is 0. The van der Waals surface area contributed by atoms with E-state index in [1.165, 1.54) is 13.8 Å². The van der Waals surface area contributed by atoms with Gasteiger partial charge in [0.25, 0.3) is 5.91 Å². The Balaban J connectivity index is 1.28. The van der Waals surface area contributed by atoms with Crippen LogP contribution in [0.25, 0.3) is 33.8 Å². The third-order valence-corrected chi connectivity index (χ3v) is 11.7. The minimum Gasteiger partial charge on any atom is -0.489 e. The molecule has 5 N–H and O–H groups in total. The molecule has 0 aliphatic heterocycles. The summed E-state index contributed by atoms with van der Waals surface area (Å²) in [6.45, 7) is 10.1. The molecule has 0 saturated heterocycles. The minimum atomic E-state index is -1.32. The lowest BCUT2D eigenvalue weighted by Gasteiger charge is -2.39. The van der Waals surface area contributed by atoms with Gasteiger partial charge in [-0.1, -0.05) is 72.3 Å². The molecular weight excluding hydrogens is 858 g/mol. The third kappa shape index (κ3) is 11.1. The van der Waals surface area contributed by atoms with E-state index in [0.717, 1.165) is 39.2 Å². The Hall–Kier alpha value is -6.58. The first-order valence-electron chi connectivity index (χ1n) is 22.0. The zero-order valence-electron chi connectivity index (χ0n) is 37.9. The highest BCUT2D eigenvalue weighted by molar-refractivity contribution is 6.32.